The highest BCUT2D eigenvalue weighted by Gasteiger charge is 2.18. The molecule has 0 saturated heterocycles. The van der Waals surface area contributed by atoms with Gasteiger partial charge >= 0.3 is 10.2 Å². The molecule has 0 spiro atoms. The Hall–Kier alpha value is -0.900. The predicted octanol–water partition coefficient (Wildman–Crippen LogP) is 2.31. The molecule has 1 unspecified atom stereocenters. The molecule has 1 aromatic rings. The molecule has 1 rings (SSSR count). The van der Waals surface area contributed by atoms with Crippen LogP contribution in [0, 0.1) is 0 Å². The molecule has 0 bridgehead atoms. The van der Waals surface area contributed by atoms with Crippen LogP contribution in [0.15, 0.2) is 30.3 Å². The smallest absolute Gasteiger partial charge is 0.195 e. The van der Waals surface area contributed by atoms with Crippen LogP contribution >= 0.6 is 0 Å². The van der Waals surface area contributed by atoms with Gasteiger partial charge in [0.15, 0.2) is 0 Å². The summed E-state index contributed by atoms with van der Waals surface area (Å²) in [6, 6.07) is 9.45. The van der Waals surface area contributed by atoms with Gasteiger partial charge in [0.2, 0.25) is 0 Å². The van der Waals surface area contributed by atoms with Crippen molar-refractivity contribution in [1.29, 1.82) is 0 Å². The number of rotatable bonds is 4. The van der Waals surface area contributed by atoms with E-state index in [1.807, 2.05) is 30.3 Å². The quantitative estimate of drug-likeness (QED) is 0.724. The van der Waals surface area contributed by atoms with Crippen molar-refractivity contribution in [3.63, 3.8) is 0 Å². The van der Waals surface area contributed by atoms with Gasteiger partial charge in [0.25, 0.3) is 0 Å². The van der Waals surface area contributed by atoms with Crippen molar-refractivity contribution in [2.45, 2.75) is 25.0 Å². The van der Waals surface area contributed by atoms with E-state index in [4.69, 9.17) is 0 Å². The number of benzene rings is 1. The fraction of sp³-hybridized carbons (Fsp3) is 0.400. The second-order valence-electron chi connectivity index (χ2n) is 3.31. The maximum Gasteiger partial charge on any atom is 0.305 e. The van der Waals surface area contributed by atoms with E-state index in [0.717, 1.165) is 5.56 Å². The third-order valence-corrected chi connectivity index (χ3v) is 3.36. The highest BCUT2D eigenvalue weighted by molar-refractivity contribution is 7.86. The fourth-order valence-electron chi connectivity index (χ4n) is 1.16. The second kappa shape index (κ2) is 4.55. The first-order valence-corrected chi connectivity index (χ1v) is 5.92. The highest BCUT2D eigenvalue weighted by atomic mass is 32.3. The lowest BCUT2D eigenvalue weighted by Gasteiger charge is -2.05. The summed E-state index contributed by atoms with van der Waals surface area (Å²) in [7, 11) is -4.37. The SMILES string of the molecule is CC(CCc1ccccc1)S(=O)(=O)F. The Labute approximate surface area is 84.0 Å². The third-order valence-electron chi connectivity index (χ3n) is 2.16. The van der Waals surface area contributed by atoms with Gasteiger partial charge < -0.3 is 0 Å². The Morgan fingerprint density at radius 3 is 2.36 bits per heavy atom. The van der Waals surface area contributed by atoms with E-state index in [0.29, 0.717) is 12.8 Å². The molecule has 78 valence electrons. The minimum absolute atomic E-state index is 0.322. The van der Waals surface area contributed by atoms with E-state index >= 15 is 0 Å². The molecule has 0 aliphatic rings. The van der Waals surface area contributed by atoms with Crippen LogP contribution in [0.1, 0.15) is 18.9 Å². The standard InChI is InChI=1S/C10H13FO2S/c1-9(14(11,12)13)7-8-10-5-3-2-4-6-10/h2-6,9H,7-8H2,1H3. The summed E-state index contributed by atoms with van der Waals surface area (Å²) in [6.45, 7) is 1.39. The van der Waals surface area contributed by atoms with Gasteiger partial charge in [-0.05, 0) is 25.3 Å². The van der Waals surface area contributed by atoms with Crippen molar-refractivity contribution in [3.8, 4) is 0 Å². The van der Waals surface area contributed by atoms with Crippen LogP contribution in [-0.2, 0) is 16.6 Å². The van der Waals surface area contributed by atoms with Crippen molar-refractivity contribution in [3.05, 3.63) is 35.9 Å². The largest absolute Gasteiger partial charge is 0.305 e. The van der Waals surface area contributed by atoms with E-state index in [2.05, 4.69) is 0 Å². The van der Waals surface area contributed by atoms with Gasteiger partial charge in [0, 0.05) is 0 Å². The van der Waals surface area contributed by atoms with E-state index in [-0.39, 0.29) is 0 Å². The lowest BCUT2D eigenvalue weighted by atomic mass is 10.1. The van der Waals surface area contributed by atoms with Gasteiger partial charge in [-0.15, -0.1) is 3.89 Å². The molecule has 0 saturated carbocycles. The minimum atomic E-state index is -4.37. The molecular weight excluding hydrogens is 203 g/mol. The van der Waals surface area contributed by atoms with Crippen molar-refractivity contribution in [2.24, 2.45) is 0 Å². The molecule has 0 heterocycles. The first kappa shape index (κ1) is 11.2. The summed E-state index contributed by atoms with van der Waals surface area (Å²) >= 11 is 0. The van der Waals surface area contributed by atoms with Crippen molar-refractivity contribution in [1.82, 2.24) is 0 Å². The lowest BCUT2D eigenvalue weighted by molar-refractivity contribution is 0.532. The predicted molar refractivity (Wildman–Crippen MR) is 54.3 cm³/mol. The molecule has 0 aromatic heterocycles. The van der Waals surface area contributed by atoms with Gasteiger partial charge in [-0.3, -0.25) is 0 Å². The van der Waals surface area contributed by atoms with E-state index < -0.39 is 15.5 Å². The monoisotopic (exact) mass is 216 g/mol. The molecule has 0 aliphatic heterocycles. The third kappa shape index (κ3) is 3.46. The van der Waals surface area contributed by atoms with Crippen LogP contribution in [0.2, 0.25) is 0 Å². The highest BCUT2D eigenvalue weighted by Crippen LogP contribution is 2.11. The Morgan fingerprint density at radius 2 is 1.86 bits per heavy atom. The minimum Gasteiger partial charge on any atom is -0.195 e. The number of halogens is 1. The van der Waals surface area contributed by atoms with Crippen molar-refractivity contribution < 1.29 is 12.3 Å². The molecule has 0 amide bonds. The summed E-state index contributed by atoms with van der Waals surface area (Å²) in [6.07, 6.45) is 0.911. The summed E-state index contributed by atoms with van der Waals surface area (Å²) in [5, 5.41) is -0.914. The summed E-state index contributed by atoms with van der Waals surface area (Å²) < 4.78 is 33.4. The first-order chi connectivity index (χ1) is 6.50. The van der Waals surface area contributed by atoms with E-state index in [1.54, 1.807) is 0 Å². The van der Waals surface area contributed by atoms with Gasteiger partial charge in [0.1, 0.15) is 0 Å². The summed E-state index contributed by atoms with van der Waals surface area (Å²) in [5.74, 6) is 0. The molecule has 0 fully saturated rings. The van der Waals surface area contributed by atoms with Crippen LogP contribution in [0.3, 0.4) is 0 Å². The Balaban J connectivity index is 2.50. The van der Waals surface area contributed by atoms with Gasteiger partial charge in [-0.2, -0.15) is 8.42 Å². The molecule has 1 aromatic carbocycles. The summed E-state index contributed by atoms with van der Waals surface area (Å²) in [4.78, 5) is 0. The van der Waals surface area contributed by atoms with Gasteiger partial charge in [0.05, 0.1) is 5.25 Å². The average molecular weight is 216 g/mol. The van der Waals surface area contributed by atoms with Crippen LogP contribution in [0.25, 0.3) is 0 Å². The van der Waals surface area contributed by atoms with E-state index in [1.165, 1.54) is 6.92 Å². The average Bonchev–Trinajstić information content (AvgIpc) is 2.14. The fourth-order valence-corrected chi connectivity index (χ4v) is 1.55. The lowest BCUT2D eigenvalue weighted by Crippen LogP contribution is -2.13. The first-order valence-electron chi connectivity index (χ1n) is 4.47. The van der Waals surface area contributed by atoms with Crippen LogP contribution in [-0.4, -0.2) is 13.7 Å². The maximum atomic E-state index is 12.5. The molecule has 4 heteroatoms. The molecule has 0 N–H and O–H groups in total. The van der Waals surface area contributed by atoms with Crippen LogP contribution in [0.4, 0.5) is 3.89 Å². The van der Waals surface area contributed by atoms with Crippen LogP contribution in [0.5, 0.6) is 0 Å². The summed E-state index contributed by atoms with van der Waals surface area (Å²) in [5.41, 5.74) is 1.03. The Kier molecular flexibility index (Phi) is 3.63. The topological polar surface area (TPSA) is 34.1 Å². The van der Waals surface area contributed by atoms with E-state index in [9.17, 15) is 12.3 Å². The molecule has 1 atom stereocenters. The van der Waals surface area contributed by atoms with Crippen LogP contribution < -0.4 is 0 Å². The Morgan fingerprint density at radius 1 is 1.29 bits per heavy atom. The number of aryl methyl sites for hydroxylation is 1. The number of hydrogen-bond acceptors (Lipinski definition) is 2. The molecular formula is C10H13FO2S. The number of hydrogen-bond donors (Lipinski definition) is 0. The van der Waals surface area contributed by atoms with Gasteiger partial charge in [-0.1, -0.05) is 30.3 Å². The molecule has 2 nitrogen and oxygen atoms in total. The Bertz CT molecular complexity index is 372. The van der Waals surface area contributed by atoms with Crippen molar-refractivity contribution >= 4 is 10.2 Å². The molecule has 0 radical (unpaired) electrons. The zero-order chi connectivity index (χ0) is 10.6. The molecule has 14 heavy (non-hydrogen) atoms. The zero-order valence-corrected chi connectivity index (χ0v) is 8.80. The molecule has 0 aliphatic carbocycles. The van der Waals surface area contributed by atoms with Crippen molar-refractivity contribution in [2.75, 3.05) is 0 Å². The maximum absolute atomic E-state index is 12.5. The van der Waals surface area contributed by atoms with Gasteiger partial charge in [-0.25, -0.2) is 0 Å². The zero-order valence-electron chi connectivity index (χ0n) is 7.98. The second-order valence-corrected chi connectivity index (χ2v) is 5.07. The normalized spacial score (nSPS) is 13.9.